The van der Waals surface area contributed by atoms with Crippen LogP contribution in [0.2, 0.25) is 0 Å². The van der Waals surface area contributed by atoms with E-state index in [9.17, 15) is 43.8 Å². The lowest BCUT2D eigenvalue weighted by molar-refractivity contribution is -0.139. The average Bonchev–Trinajstić information content (AvgIpc) is 3.22. The third kappa shape index (κ3) is 15.1. The number of phenolic OH excluding ortho intramolecular Hbond substituents is 1. The molecule has 322 valence electrons. The van der Waals surface area contributed by atoms with Crippen molar-refractivity contribution in [1.29, 1.82) is 0 Å². The standard InChI is InChI=1S/C44H57N7O9/c1-28(2)38-41(56)47-35(24-20-29-12-6-4-7-13-29)42(57)51(3)27-37(53)46-34(23-19-30-17-21-32(52)22-18-30)39(54)45-25-11-10-16-33(40(55)50-38)48-44(60)49-36(43(58)59)26-31-14-8-5-9-15-31/h4-9,12-15,17-18,21-22,28,33-36,38,52H,10-11,16,19-20,23-27H2,1-3H3,(H,45,54)(H,46,53)(H,47,56)(H,50,55)(H,58,59)(H2,48,49,60)/t33-,34+,35+,36-,38+/m0/s1. The summed E-state index contributed by atoms with van der Waals surface area (Å²) in [6, 6.07) is 17.9. The van der Waals surface area contributed by atoms with E-state index >= 15 is 0 Å². The molecule has 0 saturated carbocycles. The first-order chi connectivity index (χ1) is 28.7. The van der Waals surface area contributed by atoms with Gasteiger partial charge in [-0.15, -0.1) is 0 Å². The van der Waals surface area contributed by atoms with Crippen molar-refractivity contribution in [2.75, 3.05) is 20.1 Å². The van der Waals surface area contributed by atoms with Gasteiger partial charge in [0.1, 0.15) is 36.0 Å². The summed E-state index contributed by atoms with van der Waals surface area (Å²) in [5, 5.41) is 35.7. The first kappa shape index (κ1) is 46.2. The molecule has 0 radical (unpaired) electrons. The number of carboxylic acids is 1. The number of rotatable bonds is 12. The number of likely N-dealkylation sites (N-methyl/N-ethyl adjacent to an activating group) is 1. The van der Waals surface area contributed by atoms with Gasteiger partial charge in [-0.05, 0) is 79.7 Å². The fraction of sp³-hybridized carbons (Fsp3) is 0.432. The minimum atomic E-state index is -1.31. The number of aromatic hydroxyl groups is 1. The zero-order valence-electron chi connectivity index (χ0n) is 34.3. The summed E-state index contributed by atoms with van der Waals surface area (Å²) in [6.07, 6.45) is 1.87. The van der Waals surface area contributed by atoms with E-state index in [4.69, 9.17) is 0 Å². The molecule has 3 aromatic rings. The van der Waals surface area contributed by atoms with E-state index in [1.54, 1.807) is 56.3 Å². The smallest absolute Gasteiger partial charge is 0.326 e. The third-order valence-corrected chi connectivity index (χ3v) is 10.2. The van der Waals surface area contributed by atoms with Crippen LogP contribution in [0.5, 0.6) is 5.75 Å². The summed E-state index contributed by atoms with van der Waals surface area (Å²) in [5.41, 5.74) is 2.41. The molecule has 3 aromatic carbocycles. The molecule has 16 nitrogen and oxygen atoms in total. The van der Waals surface area contributed by atoms with Crippen LogP contribution in [0, 0.1) is 5.92 Å². The molecule has 0 aliphatic carbocycles. The summed E-state index contributed by atoms with van der Waals surface area (Å²) in [4.78, 5) is 95.4. The van der Waals surface area contributed by atoms with E-state index in [0.29, 0.717) is 31.2 Å². The second-order valence-corrected chi connectivity index (χ2v) is 15.4. The molecular weight excluding hydrogens is 771 g/mol. The van der Waals surface area contributed by atoms with Crippen molar-refractivity contribution < 1.29 is 43.8 Å². The van der Waals surface area contributed by atoms with Gasteiger partial charge < -0.3 is 47.0 Å². The highest BCUT2D eigenvalue weighted by Gasteiger charge is 2.33. The number of phenols is 1. The monoisotopic (exact) mass is 827 g/mol. The second kappa shape index (κ2) is 23.2. The molecule has 0 spiro atoms. The maximum atomic E-state index is 14.0. The number of nitrogens with one attached hydrogen (secondary N) is 6. The van der Waals surface area contributed by atoms with Gasteiger partial charge >= 0.3 is 12.0 Å². The summed E-state index contributed by atoms with van der Waals surface area (Å²) in [5.74, 6) is -4.63. The van der Waals surface area contributed by atoms with Crippen molar-refractivity contribution in [2.45, 2.75) is 95.4 Å². The van der Waals surface area contributed by atoms with Gasteiger partial charge in [-0.3, -0.25) is 24.0 Å². The van der Waals surface area contributed by atoms with E-state index < -0.39 is 84.2 Å². The zero-order chi connectivity index (χ0) is 43.6. The fourth-order valence-electron chi connectivity index (χ4n) is 6.79. The van der Waals surface area contributed by atoms with E-state index in [2.05, 4.69) is 31.9 Å². The Morgan fingerprint density at radius 3 is 1.97 bits per heavy atom. The number of hydrogen-bond donors (Lipinski definition) is 8. The van der Waals surface area contributed by atoms with Crippen LogP contribution in [-0.2, 0) is 48.0 Å². The minimum absolute atomic E-state index is 0.00845. The predicted octanol–water partition coefficient (Wildman–Crippen LogP) is 2.19. The molecule has 5 atom stereocenters. The van der Waals surface area contributed by atoms with Gasteiger partial charge in [-0.2, -0.15) is 0 Å². The molecule has 7 amide bonds. The number of amides is 7. The Morgan fingerprint density at radius 1 is 0.750 bits per heavy atom. The molecule has 8 N–H and O–H groups in total. The molecule has 1 aliphatic heterocycles. The second-order valence-electron chi connectivity index (χ2n) is 15.4. The lowest BCUT2D eigenvalue weighted by atomic mass is 9.99. The van der Waals surface area contributed by atoms with Gasteiger partial charge in [0.25, 0.3) is 0 Å². The number of carbonyl (C=O) groups excluding carboxylic acids is 6. The summed E-state index contributed by atoms with van der Waals surface area (Å²) < 4.78 is 0. The Balaban J connectivity index is 1.59. The van der Waals surface area contributed by atoms with E-state index in [1.807, 2.05) is 30.3 Å². The lowest BCUT2D eigenvalue weighted by Gasteiger charge is -2.29. The first-order valence-electron chi connectivity index (χ1n) is 20.3. The number of carboxylic acid groups (broad SMARTS) is 1. The van der Waals surface area contributed by atoms with Gasteiger partial charge in [0, 0.05) is 20.0 Å². The largest absolute Gasteiger partial charge is 0.508 e. The minimum Gasteiger partial charge on any atom is -0.508 e. The van der Waals surface area contributed by atoms with Crippen LogP contribution in [-0.4, -0.2) is 107 Å². The number of hydrogen-bond acceptors (Lipinski definition) is 8. The van der Waals surface area contributed by atoms with Crippen molar-refractivity contribution >= 4 is 41.5 Å². The normalized spacial score (nSPS) is 20.6. The highest BCUT2D eigenvalue weighted by atomic mass is 16.4. The van der Waals surface area contributed by atoms with Crippen LogP contribution in [0.15, 0.2) is 84.9 Å². The Kier molecular flexibility index (Phi) is 17.9. The molecule has 1 heterocycles. The molecule has 0 bridgehead atoms. The highest BCUT2D eigenvalue weighted by molar-refractivity contribution is 5.96. The topological polar surface area (TPSA) is 235 Å². The van der Waals surface area contributed by atoms with Gasteiger partial charge in [-0.1, -0.05) is 86.6 Å². The molecule has 1 fully saturated rings. The molecular formula is C44H57N7O9. The van der Waals surface area contributed by atoms with Gasteiger partial charge in [0.05, 0.1) is 6.54 Å². The van der Waals surface area contributed by atoms with Gasteiger partial charge in [0.15, 0.2) is 0 Å². The van der Waals surface area contributed by atoms with Crippen molar-refractivity contribution in [2.24, 2.45) is 5.92 Å². The van der Waals surface area contributed by atoms with Crippen LogP contribution in [0.1, 0.15) is 62.6 Å². The first-order valence-corrected chi connectivity index (χ1v) is 20.3. The van der Waals surface area contributed by atoms with Crippen molar-refractivity contribution in [1.82, 2.24) is 36.8 Å². The fourth-order valence-corrected chi connectivity index (χ4v) is 6.79. The zero-order valence-corrected chi connectivity index (χ0v) is 34.3. The van der Waals surface area contributed by atoms with Crippen LogP contribution < -0.4 is 31.9 Å². The average molecular weight is 828 g/mol. The quantitative estimate of drug-likeness (QED) is 0.134. The molecule has 16 heteroatoms. The summed E-state index contributed by atoms with van der Waals surface area (Å²) in [7, 11) is 1.43. The third-order valence-electron chi connectivity index (χ3n) is 10.2. The highest BCUT2D eigenvalue weighted by Crippen LogP contribution is 2.14. The molecule has 4 rings (SSSR count). The van der Waals surface area contributed by atoms with Crippen molar-refractivity contribution in [3.05, 3.63) is 102 Å². The number of carbonyl (C=O) groups is 7. The number of urea groups is 1. The van der Waals surface area contributed by atoms with Crippen LogP contribution in [0.3, 0.4) is 0 Å². The van der Waals surface area contributed by atoms with Gasteiger partial charge in [0.2, 0.25) is 29.5 Å². The number of benzene rings is 3. The van der Waals surface area contributed by atoms with Crippen LogP contribution >= 0.6 is 0 Å². The maximum Gasteiger partial charge on any atom is 0.326 e. The SMILES string of the molecule is CC(C)[C@H]1NC(=O)[C@@H](NC(=O)N[C@@H](Cc2ccccc2)C(=O)O)CCCCNC(=O)[C@@H](CCc2ccc(O)cc2)NC(=O)CN(C)C(=O)[C@@H](CCc2ccccc2)NC1=O. The van der Waals surface area contributed by atoms with E-state index in [1.165, 1.54) is 24.1 Å². The predicted molar refractivity (Wildman–Crippen MR) is 223 cm³/mol. The van der Waals surface area contributed by atoms with Gasteiger partial charge in [-0.25, -0.2) is 9.59 Å². The molecule has 1 saturated heterocycles. The van der Waals surface area contributed by atoms with Crippen LogP contribution in [0.4, 0.5) is 4.79 Å². The van der Waals surface area contributed by atoms with Crippen molar-refractivity contribution in [3.63, 3.8) is 0 Å². The molecule has 0 aromatic heterocycles. The summed E-state index contributed by atoms with van der Waals surface area (Å²) >= 11 is 0. The maximum absolute atomic E-state index is 14.0. The van der Waals surface area contributed by atoms with Crippen molar-refractivity contribution in [3.8, 4) is 5.75 Å². The molecule has 0 unspecified atom stereocenters. The number of nitrogens with zero attached hydrogens (tertiary/aromatic N) is 1. The molecule has 1 aliphatic rings. The Hall–Kier alpha value is -6.45. The summed E-state index contributed by atoms with van der Waals surface area (Å²) in [6.45, 7) is 3.18. The number of aryl methyl sites for hydroxylation is 2. The van der Waals surface area contributed by atoms with E-state index in [0.717, 1.165) is 11.1 Å². The van der Waals surface area contributed by atoms with E-state index in [-0.39, 0.29) is 38.0 Å². The molecule has 60 heavy (non-hydrogen) atoms. The lowest BCUT2D eigenvalue weighted by Crippen LogP contribution is -2.59. The Morgan fingerprint density at radius 2 is 1.35 bits per heavy atom. The Labute approximate surface area is 350 Å². The Bertz CT molecular complexity index is 1910. The number of aliphatic carboxylic acids is 1. The van der Waals surface area contributed by atoms with Crippen LogP contribution in [0.25, 0.3) is 0 Å².